The number of carbonyl (C=O) groups is 1. The summed E-state index contributed by atoms with van der Waals surface area (Å²) in [4.78, 5) is 18.2. The average molecular weight is 209 g/mol. The standard InChI is InChI=1S/C10H15N3O2/c1-2-3-6-9-7(11-5-12-9)4-8(13-6)10(14)15/h5-6,8,13H,2-4H2,1H3,(H,11,12)(H,14,15). The highest BCUT2D eigenvalue weighted by atomic mass is 16.4. The zero-order chi connectivity index (χ0) is 10.8. The summed E-state index contributed by atoms with van der Waals surface area (Å²) in [5.74, 6) is -0.795. The normalized spacial score (nSPS) is 24.9. The molecule has 1 aromatic heterocycles. The summed E-state index contributed by atoms with van der Waals surface area (Å²) in [6, 6.07) is -0.416. The molecule has 15 heavy (non-hydrogen) atoms. The van der Waals surface area contributed by atoms with Crippen LogP contribution in [0.2, 0.25) is 0 Å². The molecular weight excluding hydrogens is 194 g/mol. The molecule has 1 aromatic rings. The quantitative estimate of drug-likeness (QED) is 0.689. The number of imidazole rings is 1. The van der Waals surface area contributed by atoms with Gasteiger partial charge in [-0.2, -0.15) is 0 Å². The molecule has 0 radical (unpaired) electrons. The van der Waals surface area contributed by atoms with Gasteiger partial charge < -0.3 is 10.1 Å². The maximum Gasteiger partial charge on any atom is 0.321 e. The van der Waals surface area contributed by atoms with Crippen LogP contribution in [-0.4, -0.2) is 27.1 Å². The molecule has 0 aliphatic carbocycles. The molecule has 0 bridgehead atoms. The Hall–Kier alpha value is -1.36. The molecule has 2 rings (SSSR count). The van der Waals surface area contributed by atoms with E-state index in [-0.39, 0.29) is 6.04 Å². The summed E-state index contributed by atoms with van der Waals surface area (Å²) in [7, 11) is 0. The number of H-pyrrole nitrogens is 1. The second kappa shape index (κ2) is 4.02. The van der Waals surface area contributed by atoms with Crippen molar-refractivity contribution in [2.45, 2.75) is 38.3 Å². The van der Waals surface area contributed by atoms with E-state index in [2.05, 4.69) is 22.2 Å². The molecule has 0 aromatic carbocycles. The highest BCUT2D eigenvalue weighted by molar-refractivity contribution is 5.74. The van der Waals surface area contributed by atoms with E-state index in [9.17, 15) is 4.79 Å². The fourth-order valence-electron chi connectivity index (χ4n) is 2.05. The third kappa shape index (κ3) is 1.87. The molecule has 2 atom stereocenters. The lowest BCUT2D eigenvalue weighted by Crippen LogP contribution is -2.44. The van der Waals surface area contributed by atoms with Crippen LogP contribution in [0, 0.1) is 0 Å². The third-order valence-corrected chi connectivity index (χ3v) is 2.77. The SMILES string of the molecule is CCCC1NC(C(=O)O)Cc2[nH]cnc21. The first-order chi connectivity index (χ1) is 7.22. The van der Waals surface area contributed by atoms with Crippen molar-refractivity contribution >= 4 is 5.97 Å². The van der Waals surface area contributed by atoms with Gasteiger partial charge in [0, 0.05) is 12.1 Å². The van der Waals surface area contributed by atoms with Gasteiger partial charge in [-0.1, -0.05) is 13.3 Å². The minimum atomic E-state index is -0.795. The number of hydrogen-bond acceptors (Lipinski definition) is 3. The molecule has 5 nitrogen and oxygen atoms in total. The second-order valence-electron chi connectivity index (χ2n) is 3.87. The first-order valence-electron chi connectivity index (χ1n) is 5.23. The number of nitrogens with zero attached hydrogens (tertiary/aromatic N) is 1. The predicted octanol–water partition coefficient (Wildman–Crippen LogP) is 0.850. The Kier molecular flexibility index (Phi) is 2.73. The van der Waals surface area contributed by atoms with E-state index < -0.39 is 12.0 Å². The van der Waals surface area contributed by atoms with Gasteiger partial charge in [-0.15, -0.1) is 0 Å². The third-order valence-electron chi connectivity index (χ3n) is 2.77. The van der Waals surface area contributed by atoms with E-state index in [4.69, 9.17) is 5.11 Å². The fourth-order valence-corrected chi connectivity index (χ4v) is 2.05. The lowest BCUT2D eigenvalue weighted by atomic mass is 9.96. The highest BCUT2D eigenvalue weighted by Gasteiger charge is 2.31. The highest BCUT2D eigenvalue weighted by Crippen LogP contribution is 2.25. The Morgan fingerprint density at radius 1 is 1.73 bits per heavy atom. The first-order valence-corrected chi connectivity index (χ1v) is 5.23. The van der Waals surface area contributed by atoms with Crippen LogP contribution in [0.5, 0.6) is 0 Å². The van der Waals surface area contributed by atoms with Crippen molar-refractivity contribution in [2.75, 3.05) is 0 Å². The van der Waals surface area contributed by atoms with Gasteiger partial charge in [0.1, 0.15) is 6.04 Å². The lowest BCUT2D eigenvalue weighted by molar-refractivity contribution is -0.139. The summed E-state index contributed by atoms with van der Waals surface area (Å²) in [6.45, 7) is 2.08. The molecular formula is C10H15N3O2. The van der Waals surface area contributed by atoms with Gasteiger partial charge in [0.15, 0.2) is 0 Å². The van der Waals surface area contributed by atoms with Gasteiger partial charge in [-0.25, -0.2) is 4.98 Å². The monoisotopic (exact) mass is 209 g/mol. The molecule has 2 unspecified atom stereocenters. The van der Waals surface area contributed by atoms with E-state index in [1.165, 1.54) is 0 Å². The summed E-state index contributed by atoms with van der Waals surface area (Å²) in [6.07, 6.45) is 4.06. The van der Waals surface area contributed by atoms with Crippen molar-refractivity contribution in [2.24, 2.45) is 0 Å². The summed E-state index contributed by atoms with van der Waals surface area (Å²) < 4.78 is 0. The molecule has 3 N–H and O–H groups in total. The molecule has 5 heteroatoms. The molecule has 1 aliphatic heterocycles. The molecule has 0 amide bonds. The van der Waals surface area contributed by atoms with Crippen LogP contribution in [0.3, 0.4) is 0 Å². The zero-order valence-electron chi connectivity index (χ0n) is 8.66. The largest absolute Gasteiger partial charge is 0.480 e. The number of carboxylic acid groups (broad SMARTS) is 1. The van der Waals surface area contributed by atoms with Crippen LogP contribution in [0.25, 0.3) is 0 Å². The van der Waals surface area contributed by atoms with Crippen molar-refractivity contribution in [1.82, 2.24) is 15.3 Å². The number of fused-ring (bicyclic) bond motifs is 1. The Morgan fingerprint density at radius 2 is 2.53 bits per heavy atom. The van der Waals surface area contributed by atoms with Gasteiger partial charge >= 0.3 is 5.97 Å². The average Bonchev–Trinajstić information content (AvgIpc) is 2.65. The van der Waals surface area contributed by atoms with Crippen LogP contribution in [-0.2, 0) is 11.2 Å². The molecule has 2 heterocycles. The summed E-state index contributed by atoms with van der Waals surface area (Å²) >= 11 is 0. The molecule has 0 spiro atoms. The summed E-state index contributed by atoms with van der Waals surface area (Å²) in [5.41, 5.74) is 1.94. The van der Waals surface area contributed by atoms with Crippen molar-refractivity contribution in [3.8, 4) is 0 Å². The number of carboxylic acids is 1. The van der Waals surface area contributed by atoms with Crippen molar-refractivity contribution < 1.29 is 9.90 Å². The van der Waals surface area contributed by atoms with Crippen LogP contribution >= 0.6 is 0 Å². The number of aromatic nitrogens is 2. The number of nitrogens with one attached hydrogen (secondary N) is 2. The predicted molar refractivity (Wildman–Crippen MR) is 54.5 cm³/mol. The number of aromatic amines is 1. The van der Waals surface area contributed by atoms with Crippen LogP contribution in [0.4, 0.5) is 0 Å². The Balaban J connectivity index is 2.23. The smallest absolute Gasteiger partial charge is 0.321 e. The minimum Gasteiger partial charge on any atom is -0.480 e. The van der Waals surface area contributed by atoms with Gasteiger partial charge in [0.05, 0.1) is 18.1 Å². The maximum atomic E-state index is 10.9. The van der Waals surface area contributed by atoms with E-state index in [0.29, 0.717) is 6.42 Å². The van der Waals surface area contributed by atoms with Crippen LogP contribution < -0.4 is 5.32 Å². The van der Waals surface area contributed by atoms with Gasteiger partial charge in [0.2, 0.25) is 0 Å². The Bertz CT molecular complexity index is 361. The fraction of sp³-hybridized carbons (Fsp3) is 0.600. The Morgan fingerprint density at radius 3 is 3.20 bits per heavy atom. The first kappa shape index (κ1) is 10.2. The van der Waals surface area contributed by atoms with Crippen molar-refractivity contribution in [1.29, 1.82) is 0 Å². The van der Waals surface area contributed by atoms with Gasteiger partial charge in [-0.05, 0) is 6.42 Å². The van der Waals surface area contributed by atoms with Crippen molar-refractivity contribution in [3.05, 3.63) is 17.7 Å². The topological polar surface area (TPSA) is 78.0 Å². The van der Waals surface area contributed by atoms with E-state index in [0.717, 1.165) is 24.2 Å². The Labute approximate surface area is 87.9 Å². The van der Waals surface area contributed by atoms with Gasteiger partial charge in [0.25, 0.3) is 0 Å². The maximum absolute atomic E-state index is 10.9. The molecule has 0 saturated carbocycles. The van der Waals surface area contributed by atoms with Crippen molar-refractivity contribution in [3.63, 3.8) is 0 Å². The second-order valence-corrected chi connectivity index (χ2v) is 3.87. The number of aliphatic carboxylic acids is 1. The number of hydrogen-bond donors (Lipinski definition) is 3. The minimum absolute atomic E-state index is 0.0751. The molecule has 82 valence electrons. The zero-order valence-corrected chi connectivity index (χ0v) is 8.66. The van der Waals surface area contributed by atoms with Crippen LogP contribution in [0.1, 0.15) is 37.2 Å². The molecule has 0 fully saturated rings. The van der Waals surface area contributed by atoms with E-state index >= 15 is 0 Å². The molecule has 1 aliphatic rings. The number of rotatable bonds is 3. The van der Waals surface area contributed by atoms with E-state index in [1.807, 2.05) is 0 Å². The van der Waals surface area contributed by atoms with Crippen LogP contribution in [0.15, 0.2) is 6.33 Å². The van der Waals surface area contributed by atoms with Gasteiger partial charge in [-0.3, -0.25) is 10.1 Å². The molecule has 0 saturated heterocycles. The lowest BCUT2D eigenvalue weighted by Gasteiger charge is -2.27. The summed E-state index contributed by atoms with van der Waals surface area (Å²) in [5, 5.41) is 12.1. The van der Waals surface area contributed by atoms with E-state index in [1.54, 1.807) is 6.33 Å².